The zero-order valence-electron chi connectivity index (χ0n) is 7.95. The van der Waals surface area contributed by atoms with E-state index in [0.29, 0.717) is 32.3 Å². The maximum absolute atomic E-state index is 11.4. The molecule has 0 aromatic carbocycles. The highest BCUT2D eigenvalue weighted by atomic mass is 16.5. The zero-order chi connectivity index (χ0) is 9.90. The van der Waals surface area contributed by atoms with Gasteiger partial charge in [-0.25, -0.2) is 0 Å². The second-order valence-electron chi connectivity index (χ2n) is 3.61. The van der Waals surface area contributed by atoms with Crippen molar-refractivity contribution in [3.63, 3.8) is 0 Å². The van der Waals surface area contributed by atoms with E-state index < -0.39 is 5.54 Å². The first-order chi connectivity index (χ1) is 6.08. The molecule has 1 rings (SSSR count). The summed E-state index contributed by atoms with van der Waals surface area (Å²) in [5, 5.41) is 9.25. The summed E-state index contributed by atoms with van der Waals surface area (Å²) in [7, 11) is 0. The Morgan fingerprint density at radius 2 is 2.15 bits per heavy atom. The molecule has 0 bridgehead atoms. The molecule has 13 heavy (non-hydrogen) atoms. The molecule has 0 amide bonds. The number of carbonyl (C=O) groups is 1. The predicted octanol–water partition coefficient (Wildman–Crippen LogP) is 0.182. The van der Waals surface area contributed by atoms with Crippen LogP contribution >= 0.6 is 0 Å². The van der Waals surface area contributed by atoms with E-state index in [4.69, 9.17) is 10.5 Å². The maximum atomic E-state index is 11.4. The minimum atomic E-state index is -0.852. The molecular weight excluding hydrogens is 170 g/mol. The van der Waals surface area contributed by atoms with Gasteiger partial charge in [0, 0.05) is 0 Å². The summed E-state index contributed by atoms with van der Waals surface area (Å²) in [6.07, 6.45) is 1.93. The number of carbonyl (C=O) groups excluding carboxylic acids is 1. The van der Waals surface area contributed by atoms with Gasteiger partial charge in [-0.2, -0.15) is 0 Å². The number of ether oxygens (including phenoxy) is 1. The average Bonchev–Trinajstić information content (AvgIpc) is 2.11. The van der Waals surface area contributed by atoms with Gasteiger partial charge in [0.25, 0.3) is 0 Å². The molecule has 0 unspecified atom stereocenters. The third kappa shape index (κ3) is 2.42. The van der Waals surface area contributed by atoms with Crippen molar-refractivity contribution in [1.82, 2.24) is 0 Å². The quantitative estimate of drug-likeness (QED) is 0.605. The molecule has 1 aliphatic rings. The molecule has 1 fully saturated rings. The van der Waals surface area contributed by atoms with Crippen molar-refractivity contribution in [2.75, 3.05) is 6.61 Å². The third-order valence-electron chi connectivity index (χ3n) is 2.53. The van der Waals surface area contributed by atoms with Gasteiger partial charge < -0.3 is 15.6 Å². The summed E-state index contributed by atoms with van der Waals surface area (Å²) in [5.74, 6) is -0.332. The van der Waals surface area contributed by atoms with Gasteiger partial charge in [0.15, 0.2) is 0 Å². The van der Waals surface area contributed by atoms with E-state index in [1.54, 1.807) is 6.92 Å². The number of rotatable bonds is 2. The van der Waals surface area contributed by atoms with Crippen molar-refractivity contribution in [1.29, 1.82) is 0 Å². The number of esters is 1. The van der Waals surface area contributed by atoms with Gasteiger partial charge in [-0.05, 0) is 32.6 Å². The summed E-state index contributed by atoms with van der Waals surface area (Å²) in [4.78, 5) is 11.4. The molecule has 3 N–H and O–H groups in total. The van der Waals surface area contributed by atoms with Gasteiger partial charge in [0.2, 0.25) is 0 Å². The van der Waals surface area contributed by atoms with Crippen LogP contribution in [-0.2, 0) is 9.53 Å². The van der Waals surface area contributed by atoms with E-state index in [9.17, 15) is 9.90 Å². The molecule has 0 aliphatic heterocycles. The van der Waals surface area contributed by atoms with Crippen molar-refractivity contribution < 1.29 is 14.6 Å². The van der Waals surface area contributed by atoms with E-state index in [1.807, 2.05) is 0 Å². The van der Waals surface area contributed by atoms with Gasteiger partial charge >= 0.3 is 5.97 Å². The van der Waals surface area contributed by atoms with Crippen LogP contribution in [0, 0.1) is 0 Å². The first-order valence-corrected chi connectivity index (χ1v) is 4.72. The molecule has 0 aromatic heterocycles. The lowest BCUT2D eigenvalue weighted by atomic mass is 9.81. The minimum Gasteiger partial charge on any atom is -0.465 e. The molecular formula is C9H17NO3. The van der Waals surface area contributed by atoms with Crippen LogP contribution in [0.2, 0.25) is 0 Å². The average molecular weight is 187 g/mol. The fraction of sp³-hybridized carbons (Fsp3) is 0.889. The van der Waals surface area contributed by atoms with E-state index in [0.717, 1.165) is 0 Å². The van der Waals surface area contributed by atoms with E-state index in [2.05, 4.69) is 0 Å². The van der Waals surface area contributed by atoms with Crippen molar-refractivity contribution in [2.24, 2.45) is 5.73 Å². The molecule has 4 nitrogen and oxygen atoms in total. The standard InChI is InChI=1S/C9H17NO3/c1-2-13-8(12)9(10)5-3-7(11)4-6-9/h7,11H,2-6,10H2,1H3. The van der Waals surface area contributed by atoms with E-state index in [1.165, 1.54) is 0 Å². The summed E-state index contributed by atoms with van der Waals surface area (Å²) < 4.78 is 4.87. The zero-order valence-corrected chi connectivity index (χ0v) is 7.95. The highest BCUT2D eigenvalue weighted by Gasteiger charge is 2.38. The Morgan fingerprint density at radius 1 is 1.62 bits per heavy atom. The van der Waals surface area contributed by atoms with E-state index in [-0.39, 0.29) is 12.1 Å². The molecule has 0 radical (unpaired) electrons. The number of nitrogens with two attached hydrogens (primary N) is 1. The first-order valence-electron chi connectivity index (χ1n) is 4.72. The molecule has 1 aliphatic carbocycles. The lowest BCUT2D eigenvalue weighted by Crippen LogP contribution is -2.52. The van der Waals surface area contributed by atoms with Crippen molar-refractivity contribution in [2.45, 2.75) is 44.2 Å². The summed E-state index contributed by atoms with van der Waals surface area (Å²) in [5.41, 5.74) is 5.01. The molecule has 0 saturated heterocycles. The lowest BCUT2D eigenvalue weighted by Gasteiger charge is -2.32. The lowest BCUT2D eigenvalue weighted by molar-refractivity contribution is -0.151. The molecule has 0 aromatic rings. The number of aliphatic hydroxyl groups excluding tert-OH is 1. The first kappa shape index (κ1) is 10.5. The number of hydrogen-bond donors (Lipinski definition) is 2. The van der Waals surface area contributed by atoms with Crippen LogP contribution in [0.3, 0.4) is 0 Å². The van der Waals surface area contributed by atoms with Crippen molar-refractivity contribution >= 4 is 5.97 Å². The van der Waals surface area contributed by atoms with Crippen LogP contribution in [0.4, 0.5) is 0 Å². The van der Waals surface area contributed by atoms with Crippen molar-refractivity contribution in [3.05, 3.63) is 0 Å². The van der Waals surface area contributed by atoms with Crippen LogP contribution in [-0.4, -0.2) is 29.3 Å². The Bertz CT molecular complexity index is 185. The smallest absolute Gasteiger partial charge is 0.326 e. The molecule has 0 heterocycles. The van der Waals surface area contributed by atoms with Crippen LogP contribution in [0.15, 0.2) is 0 Å². The molecule has 0 spiro atoms. The Labute approximate surface area is 78.1 Å². The van der Waals surface area contributed by atoms with Gasteiger partial charge in [0.1, 0.15) is 5.54 Å². The monoisotopic (exact) mass is 187 g/mol. The Balaban J connectivity index is 2.51. The van der Waals surface area contributed by atoms with Crippen molar-refractivity contribution in [3.8, 4) is 0 Å². The van der Waals surface area contributed by atoms with E-state index >= 15 is 0 Å². The summed E-state index contributed by atoms with van der Waals surface area (Å²) >= 11 is 0. The largest absolute Gasteiger partial charge is 0.465 e. The molecule has 1 saturated carbocycles. The van der Waals surface area contributed by atoms with Gasteiger partial charge in [-0.15, -0.1) is 0 Å². The van der Waals surface area contributed by atoms with Gasteiger partial charge in [-0.3, -0.25) is 4.79 Å². The molecule has 76 valence electrons. The Kier molecular flexibility index (Phi) is 3.27. The second kappa shape index (κ2) is 4.07. The highest BCUT2D eigenvalue weighted by Crippen LogP contribution is 2.27. The summed E-state index contributed by atoms with van der Waals surface area (Å²) in [6, 6.07) is 0. The van der Waals surface area contributed by atoms with Gasteiger partial charge in [0.05, 0.1) is 12.7 Å². The SMILES string of the molecule is CCOC(=O)C1(N)CCC(O)CC1. The predicted molar refractivity (Wildman–Crippen MR) is 48.0 cm³/mol. The topological polar surface area (TPSA) is 72.5 Å². The molecule has 0 atom stereocenters. The van der Waals surface area contributed by atoms with Crippen LogP contribution in [0.1, 0.15) is 32.6 Å². The fourth-order valence-corrected chi connectivity index (χ4v) is 1.60. The Morgan fingerprint density at radius 3 is 2.62 bits per heavy atom. The normalized spacial score (nSPS) is 34.2. The third-order valence-corrected chi connectivity index (χ3v) is 2.53. The number of hydrogen-bond acceptors (Lipinski definition) is 4. The van der Waals surface area contributed by atoms with Gasteiger partial charge in [-0.1, -0.05) is 0 Å². The Hall–Kier alpha value is -0.610. The minimum absolute atomic E-state index is 0.300. The molecule has 4 heteroatoms. The highest BCUT2D eigenvalue weighted by molar-refractivity contribution is 5.80. The van der Waals surface area contributed by atoms with Crippen LogP contribution in [0.25, 0.3) is 0 Å². The van der Waals surface area contributed by atoms with Crippen LogP contribution in [0.5, 0.6) is 0 Å². The maximum Gasteiger partial charge on any atom is 0.326 e. The van der Waals surface area contributed by atoms with Crippen LogP contribution < -0.4 is 5.73 Å². The second-order valence-corrected chi connectivity index (χ2v) is 3.61. The number of aliphatic hydroxyl groups is 1. The summed E-state index contributed by atoms with van der Waals surface area (Å²) in [6.45, 7) is 2.12. The fourth-order valence-electron chi connectivity index (χ4n) is 1.60.